The number of para-hydroxylation sites is 1. The highest BCUT2D eigenvalue weighted by Gasteiger charge is 2.19. The average Bonchev–Trinajstić information content (AvgIpc) is 2.60. The summed E-state index contributed by atoms with van der Waals surface area (Å²) in [6.07, 6.45) is 0. The topological polar surface area (TPSA) is 35.6 Å². The molecule has 0 spiro atoms. The molecular weight excluding hydrogens is 238 g/mol. The van der Waals surface area contributed by atoms with Crippen LogP contribution in [0.3, 0.4) is 0 Å². The van der Waals surface area contributed by atoms with Crippen molar-refractivity contribution in [2.45, 2.75) is 26.4 Å². The van der Waals surface area contributed by atoms with Crippen LogP contribution in [0, 0.1) is 0 Å². The minimum Gasteiger partial charge on any atom is -0.361 e. The van der Waals surface area contributed by atoms with Crippen molar-refractivity contribution in [3.05, 3.63) is 29.8 Å². The van der Waals surface area contributed by atoms with Crippen LogP contribution in [0.2, 0.25) is 0 Å². The number of nitrogens with zero attached hydrogens (tertiary/aromatic N) is 2. The first-order valence-electron chi connectivity index (χ1n) is 6.89. The molecule has 0 bridgehead atoms. The monoisotopic (exact) mass is 261 g/mol. The van der Waals surface area contributed by atoms with Gasteiger partial charge < -0.3 is 15.1 Å². The molecule has 1 aliphatic rings. The van der Waals surface area contributed by atoms with E-state index in [1.54, 1.807) is 4.90 Å². The highest BCUT2D eigenvalue weighted by Crippen LogP contribution is 2.21. The third-order valence-corrected chi connectivity index (χ3v) is 3.70. The smallest absolute Gasteiger partial charge is 0.242 e. The summed E-state index contributed by atoms with van der Waals surface area (Å²) in [4.78, 5) is 16.2. The summed E-state index contributed by atoms with van der Waals surface area (Å²) in [6, 6.07) is 8.55. The Balaban J connectivity index is 2.14. The Bertz CT molecular complexity index is 445. The third kappa shape index (κ3) is 3.26. The Kier molecular flexibility index (Phi) is 4.43. The number of anilines is 1. The Hall–Kier alpha value is -1.55. The summed E-state index contributed by atoms with van der Waals surface area (Å²) in [5.41, 5.74) is 2.44. The molecule has 1 aliphatic heterocycles. The zero-order chi connectivity index (χ0) is 13.8. The molecule has 1 aromatic carbocycles. The Morgan fingerprint density at radius 1 is 1.42 bits per heavy atom. The maximum atomic E-state index is 12.2. The van der Waals surface area contributed by atoms with Crippen LogP contribution in [0.5, 0.6) is 0 Å². The molecule has 1 heterocycles. The quantitative estimate of drug-likeness (QED) is 0.895. The van der Waals surface area contributed by atoms with Gasteiger partial charge in [0.2, 0.25) is 5.91 Å². The van der Waals surface area contributed by atoms with E-state index in [9.17, 15) is 4.79 Å². The molecule has 0 aromatic heterocycles. The molecule has 0 atom stereocenters. The van der Waals surface area contributed by atoms with Gasteiger partial charge in [0.1, 0.15) is 0 Å². The predicted molar refractivity (Wildman–Crippen MR) is 78.3 cm³/mol. The van der Waals surface area contributed by atoms with Crippen molar-refractivity contribution in [2.24, 2.45) is 0 Å². The second-order valence-corrected chi connectivity index (χ2v) is 5.33. The van der Waals surface area contributed by atoms with Crippen LogP contribution in [0.4, 0.5) is 5.69 Å². The van der Waals surface area contributed by atoms with Gasteiger partial charge in [-0.25, -0.2) is 0 Å². The van der Waals surface area contributed by atoms with E-state index in [1.807, 2.05) is 33.0 Å². The number of benzene rings is 1. The molecule has 1 amide bonds. The first-order chi connectivity index (χ1) is 9.09. The number of rotatable bonds is 3. The van der Waals surface area contributed by atoms with Gasteiger partial charge in [0.25, 0.3) is 0 Å². The molecule has 19 heavy (non-hydrogen) atoms. The minimum atomic E-state index is 0.173. The molecule has 4 heteroatoms. The summed E-state index contributed by atoms with van der Waals surface area (Å²) in [5.74, 6) is 0.173. The van der Waals surface area contributed by atoms with Gasteiger partial charge in [0, 0.05) is 38.4 Å². The molecule has 1 aromatic rings. The number of hydrogen-bond donors (Lipinski definition) is 1. The van der Waals surface area contributed by atoms with Crippen molar-refractivity contribution in [1.29, 1.82) is 0 Å². The second kappa shape index (κ2) is 6.06. The maximum absolute atomic E-state index is 12.2. The summed E-state index contributed by atoms with van der Waals surface area (Å²) in [6.45, 7) is 7.18. The lowest BCUT2D eigenvalue weighted by Gasteiger charge is -2.28. The van der Waals surface area contributed by atoms with Crippen LogP contribution in [0.15, 0.2) is 24.3 Å². The van der Waals surface area contributed by atoms with Crippen LogP contribution in [0.25, 0.3) is 0 Å². The highest BCUT2D eigenvalue weighted by molar-refractivity contribution is 5.82. The first-order valence-corrected chi connectivity index (χ1v) is 6.89. The number of carbonyl (C=O) groups excluding carboxylic acids is 1. The molecule has 104 valence electrons. The van der Waals surface area contributed by atoms with Gasteiger partial charge in [0.05, 0.1) is 6.54 Å². The molecule has 0 aliphatic carbocycles. The van der Waals surface area contributed by atoms with Gasteiger partial charge in [-0.05, 0) is 25.5 Å². The molecule has 0 radical (unpaired) electrons. The fraction of sp³-hybridized carbons (Fsp3) is 0.533. The normalized spacial score (nSPS) is 15.1. The highest BCUT2D eigenvalue weighted by atomic mass is 16.2. The van der Waals surface area contributed by atoms with Crippen molar-refractivity contribution in [3.63, 3.8) is 0 Å². The number of hydrogen-bond acceptors (Lipinski definition) is 3. The van der Waals surface area contributed by atoms with E-state index in [4.69, 9.17) is 0 Å². The first kappa shape index (κ1) is 13.9. The predicted octanol–water partition coefficient (Wildman–Crippen LogP) is 1.46. The summed E-state index contributed by atoms with van der Waals surface area (Å²) in [7, 11) is 1.87. The van der Waals surface area contributed by atoms with Gasteiger partial charge >= 0.3 is 0 Å². The Morgan fingerprint density at radius 2 is 2.16 bits per heavy atom. The molecule has 0 saturated heterocycles. The SMILES string of the molecule is CC(C)N(C)C(=O)CN1CCNCc2ccccc21. The second-order valence-electron chi connectivity index (χ2n) is 5.33. The fourth-order valence-corrected chi connectivity index (χ4v) is 2.25. The van der Waals surface area contributed by atoms with E-state index in [1.165, 1.54) is 11.3 Å². The molecule has 2 rings (SSSR count). The zero-order valence-electron chi connectivity index (χ0n) is 12.0. The van der Waals surface area contributed by atoms with Gasteiger partial charge in [-0.3, -0.25) is 4.79 Å². The molecule has 1 N–H and O–H groups in total. The third-order valence-electron chi connectivity index (χ3n) is 3.70. The van der Waals surface area contributed by atoms with Crippen LogP contribution in [-0.4, -0.2) is 43.5 Å². The minimum absolute atomic E-state index is 0.173. The molecule has 0 saturated carbocycles. The van der Waals surface area contributed by atoms with E-state index in [0.29, 0.717) is 6.54 Å². The fourth-order valence-electron chi connectivity index (χ4n) is 2.25. The van der Waals surface area contributed by atoms with Crippen molar-refractivity contribution in [2.75, 3.05) is 31.6 Å². The lowest BCUT2D eigenvalue weighted by atomic mass is 10.1. The summed E-state index contributed by atoms with van der Waals surface area (Å²) < 4.78 is 0. The van der Waals surface area contributed by atoms with Crippen molar-refractivity contribution < 1.29 is 4.79 Å². The van der Waals surface area contributed by atoms with E-state index < -0.39 is 0 Å². The van der Waals surface area contributed by atoms with Gasteiger partial charge in [-0.15, -0.1) is 0 Å². The van der Waals surface area contributed by atoms with Crippen molar-refractivity contribution >= 4 is 11.6 Å². The van der Waals surface area contributed by atoms with Gasteiger partial charge in [0.15, 0.2) is 0 Å². The van der Waals surface area contributed by atoms with E-state index in [2.05, 4.69) is 22.3 Å². The van der Waals surface area contributed by atoms with E-state index in [0.717, 1.165) is 19.6 Å². The molecular formula is C15H23N3O. The van der Waals surface area contributed by atoms with Crippen LogP contribution < -0.4 is 10.2 Å². The van der Waals surface area contributed by atoms with Crippen molar-refractivity contribution in [1.82, 2.24) is 10.2 Å². The number of fused-ring (bicyclic) bond motifs is 1. The average molecular weight is 261 g/mol. The van der Waals surface area contributed by atoms with Crippen molar-refractivity contribution in [3.8, 4) is 0 Å². The molecule has 0 fully saturated rings. The van der Waals surface area contributed by atoms with E-state index >= 15 is 0 Å². The van der Waals surface area contributed by atoms with Gasteiger partial charge in [-0.2, -0.15) is 0 Å². The lowest BCUT2D eigenvalue weighted by Crippen LogP contribution is -2.42. The number of carbonyl (C=O) groups is 1. The summed E-state index contributed by atoms with van der Waals surface area (Å²) in [5, 5.41) is 3.39. The Morgan fingerprint density at radius 3 is 2.89 bits per heavy atom. The largest absolute Gasteiger partial charge is 0.361 e. The zero-order valence-corrected chi connectivity index (χ0v) is 12.0. The number of nitrogens with one attached hydrogen (secondary N) is 1. The number of amides is 1. The maximum Gasteiger partial charge on any atom is 0.242 e. The van der Waals surface area contributed by atoms with Crippen LogP contribution in [-0.2, 0) is 11.3 Å². The van der Waals surface area contributed by atoms with Crippen LogP contribution >= 0.6 is 0 Å². The lowest BCUT2D eigenvalue weighted by molar-refractivity contribution is -0.129. The molecule has 4 nitrogen and oxygen atoms in total. The van der Waals surface area contributed by atoms with Gasteiger partial charge in [-0.1, -0.05) is 18.2 Å². The van der Waals surface area contributed by atoms with E-state index in [-0.39, 0.29) is 11.9 Å². The Labute approximate surface area is 115 Å². The molecule has 0 unspecified atom stereocenters. The standard InChI is InChI=1S/C15H23N3O/c1-12(2)17(3)15(19)11-18-9-8-16-10-13-6-4-5-7-14(13)18/h4-7,12,16H,8-11H2,1-3H3. The number of likely N-dealkylation sites (N-methyl/N-ethyl adjacent to an activating group) is 1. The van der Waals surface area contributed by atoms with Crippen LogP contribution in [0.1, 0.15) is 19.4 Å². The summed E-state index contributed by atoms with van der Waals surface area (Å²) >= 11 is 0.